The molecule has 256 valence electrons. The first-order chi connectivity index (χ1) is 20.5. The van der Waals surface area contributed by atoms with E-state index in [1.165, 1.54) is 89.5 Å². The molecule has 0 saturated carbocycles. The van der Waals surface area contributed by atoms with Gasteiger partial charge in [0.25, 0.3) is 0 Å². The topological polar surface area (TPSA) is 139 Å². The molecule has 0 aromatic carbocycles. The summed E-state index contributed by atoms with van der Waals surface area (Å²) in [6.45, 7) is 8.35. The van der Waals surface area contributed by atoms with Gasteiger partial charge < -0.3 is 15.3 Å². The van der Waals surface area contributed by atoms with Gasteiger partial charge in [0.2, 0.25) is 0 Å². The van der Waals surface area contributed by atoms with Crippen LogP contribution in [-0.4, -0.2) is 53.9 Å². The molecule has 44 heavy (non-hydrogen) atoms. The third-order valence-electron chi connectivity index (χ3n) is 8.22. The fourth-order valence-corrected chi connectivity index (χ4v) is 5.39. The fourth-order valence-electron chi connectivity index (χ4n) is 5.08. The zero-order chi connectivity index (χ0) is 32.3. The third-order valence-corrected chi connectivity index (χ3v) is 8.65. The van der Waals surface area contributed by atoms with E-state index in [2.05, 4.69) is 36.9 Å². The Morgan fingerprint density at radius 1 is 0.773 bits per heavy atom. The Morgan fingerprint density at radius 3 is 1.70 bits per heavy atom. The van der Waals surface area contributed by atoms with E-state index in [9.17, 15) is 23.7 Å². The number of rotatable bonds is 30. The van der Waals surface area contributed by atoms with Crippen molar-refractivity contribution in [1.82, 2.24) is 0 Å². The second-order valence-electron chi connectivity index (χ2n) is 12.9. The van der Waals surface area contributed by atoms with Gasteiger partial charge in [-0.3, -0.25) is 9.55 Å². The molecule has 0 aromatic heterocycles. The van der Waals surface area contributed by atoms with Crippen molar-refractivity contribution in [3.05, 3.63) is 12.2 Å². The third kappa shape index (κ3) is 30.6. The molecule has 0 aliphatic rings. The van der Waals surface area contributed by atoms with E-state index < -0.39 is 41.2 Å². The summed E-state index contributed by atoms with van der Waals surface area (Å²) < 4.78 is 35.5. The molecular formula is C34H66NNaO7S. The molecule has 0 heterocycles. The van der Waals surface area contributed by atoms with Gasteiger partial charge in [-0.05, 0) is 37.0 Å². The summed E-state index contributed by atoms with van der Waals surface area (Å²) in [7, 11) is -4.76. The van der Waals surface area contributed by atoms with Crippen LogP contribution in [0.25, 0.3) is 0 Å². The first-order valence-corrected chi connectivity index (χ1v) is 18.7. The van der Waals surface area contributed by atoms with Crippen molar-refractivity contribution in [1.29, 1.82) is 0 Å². The van der Waals surface area contributed by atoms with Crippen molar-refractivity contribution >= 4 is 16.3 Å². The van der Waals surface area contributed by atoms with Crippen molar-refractivity contribution in [2.75, 3.05) is 6.61 Å². The molecule has 0 fully saturated rings. The number of nitrogens with zero attached hydrogens (tertiary/aromatic N) is 1. The van der Waals surface area contributed by atoms with Crippen LogP contribution in [0.5, 0.6) is 0 Å². The monoisotopic (exact) mass is 655 g/mol. The van der Waals surface area contributed by atoms with Gasteiger partial charge in [-0.2, -0.15) is 8.42 Å². The second kappa shape index (κ2) is 30.3. The standard InChI is InChI=1S/C34H67NO7S.Na/c1-5-30(4)25-21-17-14-15-19-23-27-33(37)34(38)35-31(28-42-43(39,40)41)32(36)26-22-18-13-11-9-7-6-8-10-12-16-20-24-29(2)3;/h22,26,29-33,36-37H,5-21,23-25,27-28H2,1-4H3,(H,35,38)(H,39,40,41);/q;+1/p-1/b26-22+;/t30?,31-,32+,33+;/m0./s1. The minimum Gasteiger partial charge on any atom is -0.860 e. The fraction of sp³-hybridized carbons (Fsp3) is 0.912. The predicted molar refractivity (Wildman–Crippen MR) is 177 cm³/mol. The van der Waals surface area contributed by atoms with Crippen LogP contribution >= 0.6 is 0 Å². The molecule has 1 unspecified atom stereocenters. The largest absolute Gasteiger partial charge is 1.00 e. The Balaban J connectivity index is 0. The van der Waals surface area contributed by atoms with Crippen LogP contribution in [0.1, 0.15) is 163 Å². The van der Waals surface area contributed by atoms with Gasteiger partial charge in [0.05, 0.1) is 18.8 Å². The summed E-state index contributed by atoms with van der Waals surface area (Å²) in [4.78, 5) is 3.84. The smallest absolute Gasteiger partial charge is 0.860 e. The number of allylic oxidation sites excluding steroid dienone is 1. The summed E-state index contributed by atoms with van der Waals surface area (Å²) in [5.74, 6) is 0.759. The molecule has 4 atom stereocenters. The molecule has 0 amide bonds. The van der Waals surface area contributed by atoms with Crippen molar-refractivity contribution < 1.29 is 62.0 Å². The van der Waals surface area contributed by atoms with Crippen LogP contribution in [0.3, 0.4) is 0 Å². The van der Waals surface area contributed by atoms with Crippen molar-refractivity contribution in [2.24, 2.45) is 16.8 Å². The Hall–Kier alpha value is -0.000000000000000222. The van der Waals surface area contributed by atoms with Crippen LogP contribution in [0, 0.1) is 11.8 Å². The van der Waals surface area contributed by atoms with E-state index in [-0.39, 0.29) is 36.0 Å². The van der Waals surface area contributed by atoms with E-state index in [4.69, 9.17) is 4.55 Å². The zero-order valence-corrected chi connectivity index (χ0v) is 31.7. The van der Waals surface area contributed by atoms with Crippen LogP contribution in [0.4, 0.5) is 0 Å². The van der Waals surface area contributed by atoms with E-state index in [1.54, 1.807) is 6.08 Å². The predicted octanol–water partition coefficient (Wildman–Crippen LogP) is 4.72. The van der Waals surface area contributed by atoms with Crippen LogP contribution in [-0.2, 0) is 14.6 Å². The molecule has 0 aromatic rings. The Kier molecular flexibility index (Phi) is 31.8. The van der Waals surface area contributed by atoms with Gasteiger partial charge in [-0.1, -0.05) is 155 Å². The van der Waals surface area contributed by atoms with E-state index in [1.807, 2.05) is 0 Å². The molecule has 0 saturated heterocycles. The number of aliphatic hydroxyl groups excluding tert-OH is 2. The first kappa shape index (κ1) is 46.1. The average molecular weight is 656 g/mol. The normalized spacial score (nSPS) is 15.4. The minimum absolute atomic E-state index is 0. The molecule has 0 radical (unpaired) electrons. The first-order valence-electron chi connectivity index (χ1n) is 17.4. The summed E-state index contributed by atoms with van der Waals surface area (Å²) in [6, 6.07) is -1.25. The van der Waals surface area contributed by atoms with Gasteiger partial charge in [-0.15, -0.1) is 0 Å². The summed E-state index contributed by atoms with van der Waals surface area (Å²) in [6.07, 6.45) is 24.1. The van der Waals surface area contributed by atoms with Crippen molar-refractivity contribution in [3.8, 4) is 0 Å². The van der Waals surface area contributed by atoms with Crippen molar-refractivity contribution in [2.45, 2.75) is 181 Å². The SMILES string of the molecule is CCC(C)CCCCCCCC[C@@H](O)C([O-])=N[C@@H](COS(=O)(=O)O)[C@H](O)/C=C/CCCCCCCCCCCCC(C)C.[Na+]. The number of hydrogen-bond acceptors (Lipinski definition) is 7. The molecule has 0 spiro atoms. The summed E-state index contributed by atoms with van der Waals surface area (Å²) in [5.41, 5.74) is 0. The average Bonchev–Trinajstić information content (AvgIpc) is 2.95. The number of hydrogen-bond donors (Lipinski definition) is 3. The Labute approximate surface area is 293 Å². The summed E-state index contributed by atoms with van der Waals surface area (Å²) in [5, 5.41) is 33.3. The van der Waals surface area contributed by atoms with Crippen LogP contribution < -0.4 is 34.7 Å². The quantitative estimate of drug-likeness (QED) is 0.0254. The van der Waals surface area contributed by atoms with E-state index >= 15 is 0 Å². The van der Waals surface area contributed by atoms with Gasteiger partial charge in [-0.25, -0.2) is 4.18 Å². The maximum Gasteiger partial charge on any atom is 1.00 e. The van der Waals surface area contributed by atoms with Gasteiger partial charge in [0.15, 0.2) is 0 Å². The number of aliphatic hydroxyl groups is 2. The maximum atomic E-state index is 12.5. The zero-order valence-electron chi connectivity index (χ0n) is 28.9. The molecular weight excluding hydrogens is 589 g/mol. The van der Waals surface area contributed by atoms with Gasteiger partial charge in [0.1, 0.15) is 6.04 Å². The minimum atomic E-state index is -4.76. The maximum absolute atomic E-state index is 12.5. The van der Waals surface area contributed by atoms with Gasteiger partial charge >= 0.3 is 40.0 Å². The molecule has 0 aliphatic carbocycles. The second-order valence-corrected chi connectivity index (χ2v) is 14.0. The molecule has 10 heteroatoms. The van der Waals surface area contributed by atoms with Crippen molar-refractivity contribution in [3.63, 3.8) is 0 Å². The Morgan fingerprint density at radius 2 is 1.23 bits per heavy atom. The molecule has 8 nitrogen and oxygen atoms in total. The number of unbranched alkanes of at least 4 members (excludes halogenated alkanes) is 15. The van der Waals surface area contributed by atoms with E-state index in [0.717, 1.165) is 50.4 Å². The molecule has 3 N–H and O–H groups in total. The van der Waals surface area contributed by atoms with Crippen LogP contribution in [0.15, 0.2) is 17.1 Å². The molecule has 0 rings (SSSR count). The number of aliphatic imine (C=N–C) groups is 1. The molecule has 0 aliphatic heterocycles. The molecule has 0 bridgehead atoms. The van der Waals surface area contributed by atoms with Gasteiger partial charge in [0, 0.05) is 0 Å². The van der Waals surface area contributed by atoms with E-state index in [0.29, 0.717) is 6.42 Å². The van der Waals surface area contributed by atoms with Crippen LogP contribution in [0.2, 0.25) is 0 Å². The summed E-state index contributed by atoms with van der Waals surface area (Å²) >= 11 is 0. The Bertz CT molecular complexity index is 807.